The summed E-state index contributed by atoms with van der Waals surface area (Å²) < 4.78 is 0. The van der Waals surface area contributed by atoms with Gasteiger partial charge in [0.2, 0.25) is 0 Å². The summed E-state index contributed by atoms with van der Waals surface area (Å²) in [5.74, 6) is 0. The van der Waals surface area contributed by atoms with E-state index in [1.165, 1.54) is 36.3 Å². The van der Waals surface area contributed by atoms with E-state index in [1.54, 1.807) is 7.05 Å². The van der Waals surface area contributed by atoms with Gasteiger partial charge in [0.15, 0.2) is 0 Å². The van der Waals surface area contributed by atoms with E-state index in [2.05, 4.69) is 30.3 Å². The molecule has 0 aromatic heterocycles. The van der Waals surface area contributed by atoms with Gasteiger partial charge in [0, 0.05) is 19.0 Å². The molecule has 0 spiro atoms. The highest BCUT2D eigenvalue weighted by Crippen LogP contribution is 2.41. The van der Waals surface area contributed by atoms with Crippen molar-refractivity contribution in [3.05, 3.63) is 35.9 Å². The van der Waals surface area contributed by atoms with E-state index in [4.69, 9.17) is 0 Å². The fourth-order valence-corrected chi connectivity index (χ4v) is 2.82. The number of hydrogen-bond donors (Lipinski definition) is 1. The van der Waals surface area contributed by atoms with Crippen molar-refractivity contribution < 1.29 is 5.21 Å². The molecule has 0 heterocycles. The summed E-state index contributed by atoms with van der Waals surface area (Å²) in [6.07, 6.45) is 4.95. The summed E-state index contributed by atoms with van der Waals surface area (Å²) in [5.41, 5.74) is 1.56. The van der Waals surface area contributed by atoms with Crippen LogP contribution in [-0.4, -0.2) is 23.9 Å². The van der Waals surface area contributed by atoms with Crippen molar-refractivity contribution in [1.29, 1.82) is 0 Å². The van der Waals surface area contributed by atoms with Gasteiger partial charge in [-0.2, -0.15) is 5.06 Å². The fraction of sp³-hybridized carbons (Fsp3) is 0.538. The lowest BCUT2D eigenvalue weighted by atomic mass is 9.79. The van der Waals surface area contributed by atoms with E-state index in [0.717, 1.165) is 6.54 Å². The van der Waals surface area contributed by atoms with Crippen molar-refractivity contribution >= 4 is 0 Å². The lowest BCUT2D eigenvalue weighted by Gasteiger charge is -2.31. The van der Waals surface area contributed by atoms with Crippen LogP contribution in [0.25, 0.3) is 0 Å². The molecule has 0 saturated heterocycles. The first-order valence-electron chi connectivity index (χ1n) is 5.68. The Kier molecular flexibility index (Phi) is 3.08. The van der Waals surface area contributed by atoms with Gasteiger partial charge in [-0.25, -0.2) is 0 Å². The summed E-state index contributed by atoms with van der Waals surface area (Å²) in [6.45, 7) is 0.747. The van der Waals surface area contributed by atoms with E-state index in [9.17, 15) is 5.21 Å². The predicted molar refractivity (Wildman–Crippen MR) is 61.0 cm³/mol. The second-order valence-electron chi connectivity index (χ2n) is 4.67. The molecule has 15 heavy (non-hydrogen) atoms. The van der Waals surface area contributed by atoms with Gasteiger partial charge >= 0.3 is 0 Å². The highest BCUT2D eigenvalue weighted by molar-refractivity contribution is 5.27. The van der Waals surface area contributed by atoms with Crippen LogP contribution in [0.3, 0.4) is 0 Å². The Morgan fingerprint density at radius 1 is 1.20 bits per heavy atom. The molecule has 1 aromatic carbocycles. The third-order valence-electron chi connectivity index (χ3n) is 3.48. The zero-order valence-corrected chi connectivity index (χ0v) is 9.32. The first-order valence-corrected chi connectivity index (χ1v) is 5.68. The van der Waals surface area contributed by atoms with Crippen LogP contribution < -0.4 is 0 Å². The topological polar surface area (TPSA) is 23.5 Å². The second kappa shape index (κ2) is 4.33. The van der Waals surface area contributed by atoms with Crippen LogP contribution in [0.15, 0.2) is 30.3 Å². The minimum Gasteiger partial charge on any atom is -0.314 e. The lowest BCUT2D eigenvalue weighted by molar-refractivity contribution is -0.0808. The highest BCUT2D eigenvalue weighted by Gasteiger charge is 2.36. The van der Waals surface area contributed by atoms with Gasteiger partial charge in [0.05, 0.1) is 0 Å². The van der Waals surface area contributed by atoms with Crippen molar-refractivity contribution in [3.63, 3.8) is 0 Å². The second-order valence-corrected chi connectivity index (χ2v) is 4.67. The molecule has 2 heteroatoms. The summed E-state index contributed by atoms with van der Waals surface area (Å²) in [6, 6.07) is 10.6. The average molecular weight is 205 g/mol. The third kappa shape index (κ3) is 2.21. The van der Waals surface area contributed by atoms with Crippen molar-refractivity contribution in [3.8, 4) is 0 Å². The fourth-order valence-electron chi connectivity index (χ4n) is 2.82. The molecular formula is C13H19NO. The Balaban J connectivity index is 2.26. The zero-order chi connectivity index (χ0) is 10.7. The van der Waals surface area contributed by atoms with Crippen LogP contribution in [0.4, 0.5) is 0 Å². The summed E-state index contributed by atoms with van der Waals surface area (Å²) in [4.78, 5) is 0. The molecule has 2 rings (SSSR count). The molecule has 1 N–H and O–H groups in total. The van der Waals surface area contributed by atoms with Crippen molar-refractivity contribution in [1.82, 2.24) is 5.06 Å². The summed E-state index contributed by atoms with van der Waals surface area (Å²) in [7, 11) is 1.74. The molecule has 2 nitrogen and oxygen atoms in total. The quantitative estimate of drug-likeness (QED) is 0.767. The van der Waals surface area contributed by atoms with Crippen LogP contribution in [0, 0.1) is 0 Å². The van der Waals surface area contributed by atoms with Gasteiger partial charge in [0.25, 0.3) is 0 Å². The number of benzene rings is 1. The molecule has 1 aromatic rings. The minimum atomic E-state index is 0.185. The van der Waals surface area contributed by atoms with E-state index >= 15 is 0 Å². The third-order valence-corrected chi connectivity index (χ3v) is 3.48. The highest BCUT2D eigenvalue weighted by atomic mass is 16.5. The Hall–Kier alpha value is -0.860. The van der Waals surface area contributed by atoms with E-state index in [1.807, 2.05) is 0 Å². The number of rotatable bonds is 3. The Morgan fingerprint density at radius 2 is 1.80 bits per heavy atom. The normalized spacial score (nSPS) is 19.7. The Morgan fingerprint density at radius 3 is 2.33 bits per heavy atom. The van der Waals surface area contributed by atoms with E-state index < -0.39 is 0 Å². The van der Waals surface area contributed by atoms with Gasteiger partial charge in [-0.05, 0) is 18.4 Å². The summed E-state index contributed by atoms with van der Waals surface area (Å²) >= 11 is 0. The maximum Gasteiger partial charge on any atom is 0.0332 e. The first kappa shape index (κ1) is 10.7. The van der Waals surface area contributed by atoms with Crippen LogP contribution >= 0.6 is 0 Å². The van der Waals surface area contributed by atoms with Crippen molar-refractivity contribution in [2.75, 3.05) is 13.6 Å². The molecule has 0 aliphatic heterocycles. The largest absolute Gasteiger partial charge is 0.314 e. The van der Waals surface area contributed by atoms with Gasteiger partial charge < -0.3 is 5.21 Å². The molecule has 1 aliphatic carbocycles. The maximum absolute atomic E-state index is 9.47. The zero-order valence-electron chi connectivity index (χ0n) is 9.32. The number of likely N-dealkylation sites (N-methyl/N-ethyl adjacent to an activating group) is 1. The van der Waals surface area contributed by atoms with Crippen LogP contribution in [0.2, 0.25) is 0 Å². The molecule has 0 radical (unpaired) electrons. The number of hydroxylamine groups is 2. The summed E-state index contributed by atoms with van der Waals surface area (Å²) in [5, 5.41) is 10.8. The lowest BCUT2D eigenvalue weighted by Crippen LogP contribution is -2.35. The standard InChI is InChI=1S/C13H19NO/c1-14(15)11-13(9-5-6-10-13)12-7-3-2-4-8-12/h2-4,7-8,15H,5-6,9-11H2,1H3. The Bertz CT molecular complexity index is 302. The molecule has 1 aliphatic rings. The molecule has 0 bridgehead atoms. The molecule has 1 fully saturated rings. The van der Waals surface area contributed by atoms with Crippen LogP contribution in [0.1, 0.15) is 31.2 Å². The number of hydrogen-bond acceptors (Lipinski definition) is 2. The SMILES string of the molecule is CN(O)CC1(c2ccccc2)CCCC1. The minimum absolute atomic E-state index is 0.185. The average Bonchev–Trinajstić information content (AvgIpc) is 2.68. The van der Waals surface area contributed by atoms with Crippen molar-refractivity contribution in [2.24, 2.45) is 0 Å². The molecular weight excluding hydrogens is 186 g/mol. The predicted octanol–water partition coefficient (Wildman–Crippen LogP) is 2.82. The van der Waals surface area contributed by atoms with Crippen molar-refractivity contribution in [2.45, 2.75) is 31.1 Å². The molecule has 0 unspecified atom stereocenters. The first-order chi connectivity index (χ1) is 7.23. The van der Waals surface area contributed by atoms with Gasteiger partial charge in [-0.15, -0.1) is 0 Å². The molecule has 1 saturated carbocycles. The van der Waals surface area contributed by atoms with E-state index in [0.29, 0.717) is 0 Å². The maximum atomic E-state index is 9.47. The molecule has 82 valence electrons. The Labute approximate surface area is 91.5 Å². The smallest absolute Gasteiger partial charge is 0.0332 e. The molecule has 0 atom stereocenters. The number of nitrogens with zero attached hydrogens (tertiary/aromatic N) is 1. The van der Waals surface area contributed by atoms with Gasteiger partial charge in [0.1, 0.15) is 0 Å². The molecule has 0 amide bonds. The van der Waals surface area contributed by atoms with E-state index in [-0.39, 0.29) is 5.41 Å². The van der Waals surface area contributed by atoms with Crippen LogP contribution in [0.5, 0.6) is 0 Å². The monoisotopic (exact) mass is 205 g/mol. The van der Waals surface area contributed by atoms with Gasteiger partial charge in [-0.1, -0.05) is 43.2 Å². The van der Waals surface area contributed by atoms with Crippen LogP contribution in [-0.2, 0) is 5.41 Å². The van der Waals surface area contributed by atoms with Gasteiger partial charge in [-0.3, -0.25) is 0 Å².